The number of aromatic hydroxyl groups is 3. The van der Waals surface area contributed by atoms with Crippen LogP contribution in [0.1, 0.15) is 0 Å². The molecule has 6 heteroatoms. The first-order valence-electron chi connectivity index (χ1n) is 6.74. The van der Waals surface area contributed by atoms with Gasteiger partial charge in [0.15, 0.2) is 23.0 Å². The predicted octanol–water partition coefficient (Wildman–Crippen LogP) is 3.27. The fourth-order valence-corrected chi connectivity index (χ4v) is 2.51. The third-order valence-corrected chi connectivity index (χ3v) is 3.62. The van der Waals surface area contributed by atoms with Crippen molar-refractivity contribution in [2.75, 3.05) is 0 Å². The van der Waals surface area contributed by atoms with Crippen LogP contribution in [0.3, 0.4) is 0 Å². The van der Waals surface area contributed by atoms with Gasteiger partial charge in [0.05, 0.1) is 0 Å². The van der Waals surface area contributed by atoms with Crippen molar-refractivity contribution in [2.45, 2.75) is 0 Å². The molecule has 2 heterocycles. The second kappa shape index (κ2) is 4.54. The van der Waals surface area contributed by atoms with Crippen molar-refractivity contribution in [1.29, 1.82) is 0 Å². The Hall–Kier alpha value is -3.41. The number of furan rings is 1. The Morgan fingerprint density at radius 3 is 2.26 bits per heavy atom. The van der Waals surface area contributed by atoms with Gasteiger partial charge in [-0.3, -0.25) is 0 Å². The SMILES string of the molecule is O=c1oc2cc3cc(O)c(O)cc3oc-2c1-c1ccc(O)cc1. The summed E-state index contributed by atoms with van der Waals surface area (Å²) in [7, 11) is 0. The molecule has 0 radical (unpaired) electrons. The smallest absolute Gasteiger partial charge is 0.348 e. The van der Waals surface area contributed by atoms with Crippen LogP contribution in [0, 0.1) is 0 Å². The Balaban J connectivity index is 2.04. The van der Waals surface area contributed by atoms with E-state index in [0.29, 0.717) is 16.5 Å². The maximum atomic E-state index is 12.1. The number of rotatable bonds is 1. The molecule has 0 aromatic heterocycles. The predicted molar refractivity (Wildman–Crippen MR) is 81.8 cm³/mol. The summed E-state index contributed by atoms with van der Waals surface area (Å²) < 4.78 is 10.9. The van der Waals surface area contributed by atoms with Gasteiger partial charge in [0.25, 0.3) is 0 Å². The monoisotopic (exact) mass is 310 g/mol. The molecule has 0 spiro atoms. The largest absolute Gasteiger partial charge is 0.508 e. The Bertz CT molecular complexity index is 1060. The minimum Gasteiger partial charge on any atom is -0.508 e. The fraction of sp³-hybridized carbons (Fsp3) is 0. The molecule has 0 unspecified atom stereocenters. The summed E-state index contributed by atoms with van der Waals surface area (Å²) in [6.07, 6.45) is 0. The second-order valence-electron chi connectivity index (χ2n) is 5.13. The summed E-state index contributed by atoms with van der Waals surface area (Å²) in [5.74, 6) is -0.0666. The van der Waals surface area contributed by atoms with Crippen LogP contribution in [0.4, 0.5) is 0 Å². The minimum absolute atomic E-state index is 0.0804. The molecule has 2 aromatic rings. The number of hydrogen-bond acceptors (Lipinski definition) is 6. The Labute approximate surface area is 128 Å². The highest BCUT2D eigenvalue weighted by molar-refractivity contribution is 5.88. The third kappa shape index (κ3) is 2.00. The Morgan fingerprint density at radius 2 is 1.52 bits per heavy atom. The maximum absolute atomic E-state index is 12.1. The third-order valence-electron chi connectivity index (χ3n) is 3.62. The lowest BCUT2D eigenvalue weighted by molar-refractivity contribution is 0.403. The normalized spacial score (nSPS) is 11.3. The number of phenolic OH excluding ortho intramolecular Hbond substituents is 3. The quantitative estimate of drug-likeness (QED) is 0.466. The first-order chi connectivity index (χ1) is 11.0. The summed E-state index contributed by atoms with van der Waals surface area (Å²) >= 11 is 0. The highest BCUT2D eigenvalue weighted by Gasteiger charge is 2.23. The molecule has 6 nitrogen and oxygen atoms in total. The summed E-state index contributed by atoms with van der Waals surface area (Å²) in [6, 6.07) is 10.2. The zero-order valence-corrected chi connectivity index (χ0v) is 11.6. The second-order valence-corrected chi connectivity index (χ2v) is 5.13. The Morgan fingerprint density at radius 1 is 0.826 bits per heavy atom. The van der Waals surface area contributed by atoms with E-state index in [1.54, 1.807) is 18.2 Å². The average molecular weight is 310 g/mol. The van der Waals surface area contributed by atoms with Gasteiger partial charge in [-0.1, -0.05) is 12.1 Å². The summed E-state index contributed by atoms with van der Waals surface area (Å²) in [5, 5.41) is 29.0. The zero-order chi connectivity index (χ0) is 16.1. The molecule has 0 amide bonds. The summed E-state index contributed by atoms with van der Waals surface area (Å²) in [6.45, 7) is 0. The fourth-order valence-electron chi connectivity index (χ4n) is 2.51. The Kier molecular flexibility index (Phi) is 2.62. The molecule has 0 aliphatic carbocycles. The van der Waals surface area contributed by atoms with Gasteiger partial charge in [-0.25, -0.2) is 4.79 Å². The van der Waals surface area contributed by atoms with Crippen molar-refractivity contribution in [2.24, 2.45) is 0 Å². The zero-order valence-electron chi connectivity index (χ0n) is 11.6. The van der Waals surface area contributed by atoms with E-state index in [9.17, 15) is 20.1 Å². The first-order valence-corrected chi connectivity index (χ1v) is 6.74. The van der Waals surface area contributed by atoms with Gasteiger partial charge < -0.3 is 24.2 Å². The molecule has 0 saturated carbocycles. The number of phenols is 3. The molecule has 0 fully saturated rings. The van der Waals surface area contributed by atoms with Gasteiger partial charge in [-0.05, 0) is 29.8 Å². The molecule has 2 aliphatic heterocycles. The van der Waals surface area contributed by atoms with Crippen LogP contribution in [-0.2, 0) is 0 Å². The highest BCUT2D eigenvalue weighted by Crippen LogP contribution is 2.38. The van der Waals surface area contributed by atoms with Gasteiger partial charge >= 0.3 is 5.63 Å². The van der Waals surface area contributed by atoms with Gasteiger partial charge in [-0.2, -0.15) is 0 Å². The number of fused-ring (bicyclic) bond motifs is 2. The average Bonchev–Trinajstić information content (AvgIpc) is 2.82. The van der Waals surface area contributed by atoms with Crippen molar-refractivity contribution in [3.8, 4) is 39.9 Å². The summed E-state index contributed by atoms with van der Waals surface area (Å²) in [5.41, 5.74) is 0.499. The minimum atomic E-state index is -0.571. The molecule has 3 N–H and O–H groups in total. The molecule has 23 heavy (non-hydrogen) atoms. The molecule has 2 aliphatic rings. The number of hydrogen-bond donors (Lipinski definition) is 3. The van der Waals surface area contributed by atoms with Crippen LogP contribution in [-0.4, -0.2) is 15.3 Å². The summed E-state index contributed by atoms with van der Waals surface area (Å²) in [4.78, 5) is 12.1. The van der Waals surface area contributed by atoms with Crippen LogP contribution < -0.4 is 5.63 Å². The molecule has 0 atom stereocenters. The van der Waals surface area contributed by atoms with Gasteiger partial charge in [-0.15, -0.1) is 0 Å². The van der Waals surface area contributed by atoms with E-state index in [0.717, 1.165) is 0 Å². The standard InChI is InChI=1S/C17H10O6/c18-10-3-1-8(2-4-10)15-16-14(23-17(15)21)6-9-5-11(19)12(20)7-13(9)22-16/h1-7,18-20H. The number of benzene rings is 2. The molecule has 4 rings (SSSR count). The van der Waals surface area contributed by atoms with E-state index in [2.05, 4.69) is 0 Å². The van der Waals surface area contributed by atoms with Crippen molar-refractivity contribution in [1.82, 2.24) is 0 Å². The molecular weight excluding hydrogens is 300 g/mol. The van der Waals surface area contributed by atoms with Gasteiger partial charge in [0.2, 0.25) is 0 Å². The van der Waals surface area contributed by atoms with Crippen LogP contribution in [0.5, 0.6) is 17.2 Å². The van der Waals surface area contributed by atoms with Gasteiger partial charge in [0.1, 0.15) is 16.9 Å². The van der Waals surface area contributed by atoms with Crippen LogP contribution in [0.25, 0.3) is 33.6 Å². The van der Waals surface area contributed by atoms with Crippen molar-refractivity contribution in [3.63, 3.8) is 0 Å². The lowest BCUT2D eigenvalue weighted by Gasteiger charge is -2.05. The van der Waals surface area contributed by atoms with Crippen LogP contribution in [0.2, 0.25) is 0 Å². The van der Waals surface area contributed by atoms with Crippen LogP contribution in [0.15, 0.2) is 56.1 Å². The van der Waals surface area contributed by atoms with Crippen molar-refractivity contribution >= 4 is 11.0 Å². The van der Waals surface area contributed by atoms with E-state index in [-0.39, 0.29) is 34.3 Å². The molecule has 0 saturated heterocycles. The topological polar surface area (TPSA) is 104 Å². The van der Waals surface area contributed by atoms with E-state index < -0.39 is 5.63 Å². The van der Waals surface area contributed by atoms with E-state index >= 15 is 0 Å². The van der Waals surface area contributed by atoms with E-state index in [1.165, 1.54) is 24.3 Å². The van der Waals surface area contributed by atoms with E-state index in [1.807, 2.05) is 0 Å². The van der Waals surface area contributed by atoms with E-state index in [4.69, 9.17) is 8.83 Å². The molecule has 114 valence electrons. The molecular formula is C17H10O6. The lowest BCUT2D eigenvalue weighted by Crippen LogP contribution is -1.95. The van der Waals surface area contributed by atoms with Crippen LogP contribution >= 0.6 is 0 Å². The lowest BCUT2D eigenvalue weighted by atomic mass is 10.1. The van der Waals surface area contributed by atoms with Crippen molar-refractivity contribution in [3.05, 3.63) is 52.9 Å². The van der Waals surface area contributed by atoms with Gasteiger partial charge in [0, 0.05) is 11.5 Å². The molecule has 0 bridgehead atoms. The first kappa shape index (κ1) is 13.3. The maximum Gasteiger partial charge on any atom is 0.348 e. The molecule has 2 aromatic carbocycles. The highest BCUT2D eigenvalue weighted by atomic mass is 16.4. The van der Waals surface area contributed by atoms with Crippen molar-refractivity contribution < 1.29 is 24.2 Å².